The average Bonchev–Trinajstić information content (AvgIpc) is 2.84. The van der Waals surface area contributed by atoms with Gasteiger partial charge >= 0.3 is 0 Å². The topological polar surface area (TPSA) is 87.7 Å². The molecule has 4 rings (SSSR count). The molecule has 0 bridgehead atoms. The van der Waals surface area contributed by atoms with Crippen LogP contribution in [-0.4, -0.2) is 24.1 Å². The summed E-state index contributed by atoms with van der Waals surface area (Å²) < 4.78 is 5.27. The minimum Gasteiger partial charge on any atom is -0.497 e. The summed E-state index contributed by atoms with van der Waals surface area (Å²) in [4.78, 5) is 25.3. The van der Waals surface area contributed by atoms with Crippen LogP contribution >= 0.6 is 0 Å². The molecule has 0 saturated heterocycles. The monoisotopic (exact) mass is 430 g/mol. The molecular weight excluding hydrogens is 404 g/mol. The number of hydrogen-bond donors (Lipinski definition) is 3. The number of nitrogens with one attached hydrogen (secondary N) is 2. The van der Waals surface area contributed by atoms with Crippen molar-refractivity contribution in [3.05, 3.63) is 101 Å². The Morgan fingerprint density at radius 2 is 1.72 bits per heavy atom. The van der Waals surface area contributed by atoms with Gasteiger partial charge in [-0.3, -0.25) is 14.8 Å². The van der Waals surface area contributed by atoms with Gasteiger partial charge in [0.1, 0.15) is 5.75 Å². The van der Waals surface area contributed by atoms with E-state index in [-0.39, 0.29) is 11.9 Å². The Morgan fingerprint density at radius 1 is 1.00 bits per heavy atom. The molecule has 0 fully saturated rings. The fraction of sp³-hybridized carbons (Fsp3) is 0.231. The second-order valence-corrected chi connectivity index (χ2v) is 7.92. The van der Waals surface area contributed by atoms with E-state index in [4.69, 9.17) is 9.94 Å². The normalized spacial score (nSPS) is 15.9. The number of aryl methyl sites for hydroxylation is 1. The molecule has 0 aliphatic heterocycles. The lowest BCUT2D eigenvalue weighted by Crippen LogP contribution is -2.35. The van der Waals surface area contributed by atoms with Gasteiger partial charge in [-0.15, -0.1) is 0 Å². The van der Waals surface area contributed by atoms with Crippen LogP contribution in [0.3, 0.4) is 0 Å². The summed E-state index contributed by atoms with van der Waals surface area (Å²) >= 11 is 0. The SMILES string of the molecule is COc1ccc(C(C(=O)NC2CCCc3cc(C(=O)NO)ccc32)c2ccccc2)cc1. The Hall–Kier alpha value is -3.64. The number of amides is 2. The van der Waals surface area contributed by atoms with E-state index in [0.717, 1.165) is 47.3 Å². The highest BCUT2D eigenvalue weighted by atomic mass is 16.5. The molecule has 3 aromatic rings. The lowest BCUT2D eigenvalue weighted by Gasteiger charge is -2.29. The molecule has 0 aromatic heterocycles. The van der Waals surface area contributed by atoms with Crippen LogP contribution in [0, 0.1) is 0 Å². The number of fused-ring (bicyclic) bond motifs is 1. The van der Waals surface area contributed by atoms with Crippen molar-refractivity contribution in [1.29, 1.82) is 0 Å². The number of carbonyl (C=O) groups excluding carboxylic acids is 2. The van der Waals surface area contributed by atoms with Crippen molar-refractivity contribution in [3.8, 4) is 5.75 Å². The Bertz CT molecular complexity index is 1100. The molecule has 2 unspecified atom stereocenters. The maximum atomic E-state index is 13.6. The van der Waals surface area contributed by atoms with E-state index in [2.05, 4.69) is 5.32 Å². The minimum atomic E-state index is -0.539. The zero-order valence-corrected chi connectivity index (χ0v) is 17.9. The van der Waals surface area contributed by atoms with Gasteiger partial charge in [-0.1, -0.05) is 48.5 Å². The molecule has 0 spiro atoms. The van der Waals surface area contributed by atoms with Gasteiger partial charge in [-0.2, -0.15) is 0 Å². The van der Waals surface area contributed by atoms with E-state index in [1.165, 1.54) is 0 Å². The maximum Gasteiger partial charge on any atom is 0.274 e. The zero-order chi connectivity index (χ0) is 22.5. The molecule has 0 saturated carbocycles. The van der Waals surface area contributed by atoms with Crippen LogP contribution in [0.1, 0.15) is 57.4 Å². The lowest BCUT2D eigenvalue weighted by molar-refractivity contribution is -0.122. The summed E-state index contributed by atoms with van der Waals surface area (Å²) in [5, 5.41) is 12.2. The summed E-state index contributed by atoms with van der Waals surface area (Å²) in [6, 6.07) is 22.5. The second-order valence-electron chi connectivity index (χ2n) is 7.92. The lowest BCUT2D eigenvalue weighted by atomic mass is 9.85. The van der Waals surface area contributed by atoms with Crippen LogP contribution in [0.2, 0.25) is 0 Å². The molecule has 164 valence electrons. The molecule has 3 N–H and O–H groups in total. The molecule has 0 radical (unpaired) electrons. The van der Waals surface area contributed by atoms with E-state index in [1.54, 1.807) is 24.7 Å². The maximum absolute atomic E-state index is 13.6. The predicted molar refractivity (Wildman–Crippen MR) is 121 cm³/mol. The van der Waals surface area contributed by atoms with Gasteiger partial charge < -0.3 is 10.1 Å². The highest BCUT2D eigenvalue weighted by Crippen LogP contribution is 2.33. The Kier molecular flexibility index (Phi) is 6.52. The highest BCUT2D eigenvalue weighted by Gasteiger charge is 2.28. The van der Waals surface area contributed by atoms with E-state index in [0.29, 0.717) is 5.56 Å². The molecule has 1 aliphatic carbocycles. The van der Waals surface area contributed by atoms with E-state index < -0.39 is 11.8 Å². The number of methoxy groups -OCH3 is 1. The number of carbonyl (C=O) groups is 2. The Balaban J connectivity index is 1.62. The zero-order valence-electron chi connectivity index (χ0n) is 17.9. The summed E-state index contributed by atoms with van der Waals surface area (Å²) in [6.45, 7) is 0. The molecule has 2 atom stereocenters. The highest BCUT2D eigenvalue weighted by molar-refractivity contribution is 5.93. The minimum absolute atomic E-state index is 0.0728. The first-order chi connectivity index (χ1) is 15.6. The van der Waals surface area contributed by atoms with Crippen LogP contribution in [0.4, 0.5) is 0 Å². The van der Waals surface area contributed by atoms with Crippen molar-refractivity contribution in [2.75, 3.05) is 7.11 Å². The van der Waals surface area contributed by atoms with E-state index in [1.807, 2.05) is 60.7 Å². The van der Waals surface area contributed by atoms with Crippen molar-refractivity contribution >= 4 is 11.8 Å². The third-order valence-corrected chi connectivity index (χ3v) is 5.98. The number of ether oxygens (including phenoxy) is 1. The summed E-state index contributed by atoms with van der Waals surface area (Å²) in [5.74, 6) is -0.323. The smallest absolute Gasteiger partial charge is 0.274 e. The summed E-state index contributed by atoms with van der Waals surface area (Å²) in [7, 11) is 1.62. The third-order valence-electron chi connectivity index (χ3n) is 5.98. The van der Waals surface area contributed by atoms with Gasteiger partial charge in [0.2, 0.25) is 5.91 Å². The largest absolute Gasteiger partial charge is 0.497 e. The van der Waals surface area contributed by atoms with Crippen LogP contribution in [-0.2, 0) is 11.2 Å². The fourth-order valence-electron chi connectivity index (χ4n) is 4.36. The molecule has 0 heterocycles. The molecule has 32 heavy (non-hydrogen) atoms. The van der Waals surface area contributed by atoms with Crippen LogP contribution in [0.5, 0.6) is 5.75 Å². The van der Waals surface area contributed by atoms with Gasteiger partial charge in [-0.25, -0.2) is 5.48 Å². The Labute approximate surface area is 187 Å². The third kappa shape index (κ3) is 4.50. The molecule has 3 aromatic carbocycles. The van der Waals surface area contributed by atoms with Crippen molar-refractivity contribution in [1.82, 2.24) is 10.8 Å². The number of benzene rings is 3. The number of hydroxylamine groups is 1. The van der Waals surface area contributed by atoms with Crippen molar-refractivity contribution in [2.45, 2.75) is 31.2 Å². The second kappa shape index (κ2) is 9.66. The quantitative estimate of drug-likeness (QED) is 0.405. The fourth-order valence-corrected chi connectivity index (χ4v) is 4.36. The van der Waals surface area contributed by atoms with Crippen molar-refractivity contribution in [2.24, 2.45) is 0 Å². The van der Waals surface area contributed by atoms with E-state index in [9.17, 15) is 9.59 Å². The first-order valence-corrected chi connectivity index (χ1v) is 10.7. The molecule has 6 heteroatoms. The predicted octanol–water partition coefficient (Wildman–Crippen LogP) is 4.14. The Morgan fingerprint density at radius 3 is 2.41 bits per heavy atom. The van der Waals surface area contributed by atoms with E-state index >= 15 is 0 Å². The standard InChI is InChI=1S/C26H26N2O4/c1-32-21-13-10-18(11-14-21)24(17-6-3-2-4-7-17)26(30)27-23-9-5-8-19-16-20(25(29)28-31)12-15-22(19)23/h2-4,6-7,10-16,23-24,31H,5,8-9H2,1H3,(H,27,30)(H,28,29). The van der Waals surface area contributed by atoms with Crippen LogP contribution in [0.25, 0.3) is 0 Å². The van der Waals surface area contributed by atoms with Crippen LogP contribution in [0.15, 0.2) is 72.8 Å². The van der Waals surface area contributed by atoms with Gasteiger partial charge in [0.25, 0.3) is 5.91 Å². The van der Waals surface area contributed by atoms with Gasteiger partial charge in [0, 0.05) is 5.56 Å². The van der Waals surface area contributed by atoms with Crippen molar-refractivity contribution in [3.63, 3.8) is 0 Å². The molecular formula is C26H26N2O4. The van der Waals surface area contributed by atoms with Gasteiger partial charge in [0.05, 0.1) is 19.1 Å². The first kappa shape index (κ1) is 21.6. The van der Waals surface area contributed by atoms with Gasteiger partial charge in [0.15, 0.2) is 0 Å². The number of rotatable bonds is 6. The van der Waals surface area contributed by atoms with Crippen molar-refractivity contribution < 1.29 is 19.5 Å². The van der Waals surface area contributed by atoms with Gasteiger partial charge in [-0.05, 0) is 65.8 Å². The molecule has 2 amide bonds. The molecule has 1 aliphatic rings. The number of hydrogen-bond acceptors (Lipinski definition) is 4. The summed E-state index contributed by atoms with van der Waals surface area (Å²) in [6.07, 6.45) is 2.56. The van der Waals surface area contributed by atoms with Crippen LogP contribution < -0.4 is 15.5 Å². The average molecular weight is 431 g/mol. The summed E-state index contributed by atoms with van der Waals surface area (Å²) in [5.41, 5.74) is 5.91. The molecule has 6 nitrogen and oxygen atoms in total. The first-order valence-electron chi connectivity index (χ1n) is 10.7.